The van der Waals surface area contributed by atoms with Crippen LogP contribution in [-0.4, -0.2) is 45.5 Å². The molecule has 0 heterocycles. The Balaban J connectivity index is 2.95. The van der Waals surface area contributed by atoms with Crippen LogP contribution in [0, 0.1) is 0 Å². The lowest BCUT2D eigenvalue weighted by Crippen LogP contribution is -2.10. The highest BCUT2D eigenvalue weighted by Gasteiger charge is 1.95. The van der Waals surface area contributed by atoms with Crippen LogP contribution in [0.5, 0.6) is 0 Å². The molecule has 0 unspecified atom stereocenters. The van der Waals surface area contributed by atoms with Gasteiger partial charge in [-0.05, 0) is 19.3 Å². The molecule has 0 saturated heterocycles. The summed E-state index contributed by atoms with van der Waals surface area (Å²) in [6.07, 6.45) is 18.3. The van der Waals surface area contributed by atoms with E-state index in [0.717, 1.165) is 31.9 Å². The molecule has 158 valence electrons. The molecule has 0 aliphatic rings. The van der Waals surface area contributed by atoms with Crippen molar-refractivity contribution in [3.05, 3.63) is 0 Å². The number of alkyl halides is 1. The van der Waals surface area contributed by atoms with Gasteiger partial charge in [-0.1, -0.05) is 77.6 Å². The van der Waals surface area contributed by atoms with E-state index >= 15 is 0 Å². The molecule has 4 heteroatoms. The van der Waals surface area contributed by atoms with Crippen molar-refractivity contribution in [2.45, 2.75) is 96.8 Å². The maximum absolute atomic E-state index is 5.64. The summed E-state index contributed by atoms with van der Waals surface area (Å²) in [6.45, 7) is 6.72. The number of unbranched alkanes of at least 4 members (excludes halogenated alkanes) is 12. The normalized spacial score (nSPS) is 11.3. The molecular formula is C22H45ClO3. The molecule has 0 aromatic heterocycles. The van der Waals surface area contributed by atoms with Crippen molar-refractivity contribution < 1.29 is 14.2 Å². The van der Waals surface area contributed by atoms with Crippen LogP contribution in [0.4, 0.5) is 0 Å². The molecule has 0 radical (unpaired) electrons. The monoisotopic (exact) mass is 392 g/mol. The first-order valence-electron chi connectivity index (χ1n) is 11.2. The first kappa shape index (κ1) is 26.2. The van der Waals surface area contributed by atoms with Crippen molar-refractivity contribution in [2.24, 2.45) is 0 Å². The summed E-state index contributed by atoms with van der Waals surface area (Å²) in [6, 6.07) is 0. The van der Waals surface area contributed by atoms with Crippen LogP contribution < -0.4 is 0 Å². The van der Waals surface area contributed by atoms with Crippen LogP contribution in [-0.2, 0) is 14.2 Å². The highest BCUT2D eigenvalue weighted by molar-refractivity contribution is 6.17. The van der Waals surface area contributed by atoms with Crippen molar-refractivity contribution in [3.8, 4) is 0 Å². The lowest BCUT2D eigenvalue weighted by molar-refractivity contribution is 0.0132. The molecule has 26 heavy (non-hydrogen) atoms. The number of hydrogen-bond donors (Lipinski definition) is 0. The van der Waals surface area contributed by atoms with E-state index in [1.165, 1.54) is 77.0 Å². The van der Waals surface area contributed by atoms with E-state index in [4.69, 9.17) is 25.8 Å². The van der Waals surface area contributed by atoms with Crippen LogP contribution in [0.1, 0.15) is 96.8 Å². The van der Waals surface area contributed by atoms with Gasteiger partial charge in [0, 0.05) is 19.1 Å². The highest BCUT2D eigenvalue weighted by atomic mass is 35.5. The summed E-state index contributed by atoms with van der Waals surface area (Å²) in [5.41, 5.74) is 0. The SMILES string of the molecule is CCCCCCCCCCCCOCCOCCOCCCCCCCl. The summed E-state index contributed by atoms with van der Waals surface area (Å²) in [5, 5.41) is 0. The number of ether oxygens (including phenoxy) is 3. The minimum absolute atomic E-state index is 0.670. The van der Waals surface area contributed by atoms with Crippen molar-refractivity contribution in [3.63, 3.8) is 0 Å². The van der Waals surface area contributed by atoms with E-state index in [1.807, 2.05) is 0 Å². The molecule has 0 spiro atoms. The summed E-state index contributed by atoms with van der Waals surface area (Å²) in [5.74, 6) is 0.774. The molecule has 0 atom stereocenters. The standard InChI is InChI=1S/C22H45ClO3/c1-2-3-4-5-6-7-8-9-11-14-17-24-19-21-26-22-20-25-18-15-12-10-13-16-23/h2-22H2,1H3. The predicted octanol–water partition coefficient (Wildman–Crippen LogP) is 6.76. The van der Waals surface area contributed by atoms with E-state index in [-0.39, 0.29) is 0 Å². The molecule has 0 amide bonds. The van der Waals surface area contributed by atoms with E-state index in [0.29, 0.717) is 26.4 Å². The van der Waals surface area contributed by atoms with Gasteiger partial charge in [-0.2, -0.15) is 0 Å². The first-order chi connectivity index (χ1) is 12.9. The van der Waals surface area contributed by atoms with Crippen molar-refractivity contribution >= 4 is 11.6 Å². The van der Waals surface area contributed by atoms with Crippen LogP contribution in [0.15, 0.2) is 0 Å². The lowest BCUT2D eigenvalue weighted by Gasteiger charge is -2.07. The number of rotatable bonds is 23. The highest BCUT2D eigenvalue weighted by Crippen LogP contribution is 2.10. The molecular weight excluding hydrogens is 348 g/mol. The van der Waals surface area contributed by atoms with E-state index in [2.05, 4.69) is 6.92 Å². The molecule has 0 fully saturated rings. The van der Waals surface area contributed by atoms with Gasteiger partial charge in [-0.3, -0.25) is 0 Å². The fourth-order valence-corrected chi connectivity index (χ4v) is 3.07. The molecule has 0 rings (SSSR count). The van der Waals surface area contributed by atoms with Crippen molar-refractivity contribution in [1.82, 2.24) is 0 Å². The zero-order chi connectivity index (χ0) is 19.0. The summed E-state index contributed by atoms with van der Waals surface area (Å²) in [4.78, 5) is 0. The Morgan fingerprint density at radius 2 is 0.769 bits per heavy atom. The van der Waals surface area contributed by atoms with Crippen LogP contribution in [0.3, 0.4) is 0 Å². The second-order valence-corrected chi connectivity index (χ2v) is 7.50. The van der Waals surface area contributed by atoms with Gasteiger partial charge in [-0.25, -0.2) is 0 Å². The zero-order valence-corrected chi connectivity index (χ0v) is 18.2. The van der Waals surface area contributed by atoms with Gasteiger partial charge in [-0.15, -0.1) is 11.6 Å². The van der Waals surface area contributed by atoms with Gasteiger partial charge in [0.25, 0.3) is 0 Å². The van der Waals surface area contributed by atoms with Gasteiger partial charge in [0.2, 0.25) is 0 Å². The quantitative estimate of drug-likeness (QED) is 0.142. The smallest absolute Gasteiger partial charge is 0.0701 e. The fourth-order valence-electron chi connectivity index (χ4n) is 2.89. The number of halogens is 1. The molecule has 0 N–H and O–H groups in total. The minimum Gasteiger partial charge on any atom is -0.379 e. The molecule has 0 aliphatic carbocycles. The minimum atomic E-state index is 0.670. The molecule has 3 nitrogen and oxygen atoms in total. The van der Waals surface area contributed by atoms with Crippen LogP contribution >= 0.6 is 11.6 Å². The fraction of sp³-hybridized carbons (Fsp3) is 1.00. The van der Waals surface area contributed by atoms with E-state index < -0.39 is 0 Å². The lowest BCUT2D eigenvalue weighted by atomic mass is 10.1. The van der Waals surface area contributed by atoms with Crippen molar-refractivity contribution in [1.29, 1.82) is 0 Å². The Labute approximate surface area is 168 Å². The van der Waals surface area contributed by atoms with Crippen LogP contribution in [0.2, 0.25) is 0 Å². The van der Waals surface area contributed by atoms with Gasteiger partial charge >= 0.3 is 0 Å². The third-order valence-electron chi connectivity index (χ3n) is 4.56. The molecule has 0 aromatic rings. The largest absolute Gasteiger partial charge is 0.379 e. The summed E-state index contributed by atoms with van der Waals surface area (Å²) >= 11 is 5.64. The van der Waals surface area contributed by atoms with Gasteiger partial charge in [0.05, 0.1) is 26.4 Å². The Hall–Kier alpha value is 0.170. The third kappa shape index (κ3) is 24.2. The van der Waals surface area contributed by atoms with Gasteiger partial charge < -0.3 is 14.2 Å². The van der Waals surface area contributed by atoms with Crippen LogP contribution in [0.25, 0.3) is 0 Å². The average Bonchev–Trinajstić information content (AvgIpc) is 2.66. The topological polar surface area (TPSA) is 27.7 Å². The van der Waals surface area contributed by atoms with E-state index in [1.54, 1.807) is 0 Å². The summed E-state index contributed by atoms with van der Waals surface area (Å²) in [7, 11) is 0. The first-order valence-corrected chi connectivity index (χ1v) is 11.7. The second-order valence-electron chi connectivity index (χ2n) is 7.12. The maximum Gasteiger partial charge on any atom is 0.0701 e. The summed E-state index contributed by atoms with van der Waals surface area (Å²) < 4.78 is 16.7. The van der Waals surface area contributed by atoms with E-state index in [9.17, 15) is 0 Å². The molecule has 0 aromatic carbocycles. The molecule has 0 saturated carbocycles. The Morgan fingerprint density at radius 3 is 1.19 bits per heavy atom. The van der Waals surface area contributed by atoms with Gasteiger partial charge in [0.15, 0.2) is 0 Å². The molecule has 0 aliphatic heterocycles. The average molecular weight is 393 g/mol. The predicted molar refractivity (Wildman–Crippen MR) is 113 cm³/mol. The second kappa shape index (κ2) is 25.2. The third-order valence-corrected chi connectivity index (χ3v) is 4.83. The number of hydrogen-bond acceptors (Lipinski definition) is 3. The molecule has 0 bridgehead atoms. The zero-order valence-electron chi connectivity index (χ0n) is 17.5. The Bertz CT molecular complexity index is 215. The van der Waals surface area contributed by atoms with Gasteiger partial charge in [0.1, 0.15) is 0 Å². The Morgan fingerprint density at radius 1 is 0.423 bits per heavy atom. The Kier molecular flexibility index (Phi) is 25.3. The maximum atomic E-state index is 5.64. The van der Waals surface area contributed by atoms with Crippen molar-refractivity contribution in [2.75, 3.05) is 45.5 Å².